The first-order valence-corrected chi connectivity index (χ1v) is 4.95. The minimum absolute atomic E-state index is 0.260. The van der Waals surface area contributed by atoms with E-state index in [1.54, 1.807) is 0 Å². The summed E-state index contributed by atoms with van der Waals surface area (Å²) in [5.74, 6) is -0.488. The second-order valence-electron chi connectivity index (χ2n) is 3.04. The molecule has 0 bridgehead atoms. The predicted molar refractivity (Wildman–Crippen MR) is 50.7 cm³/mol. The summed E-state index contributed by atoms with van der Waals surface area (Å²) in [6.07, 6.45) is -9.25. The molecule has 1 nitrogen and oxygen atoms in total. The maximum Gasteiger partial charge on any atom is 0.422 e. The van der Waals surface area contributed by atoms with Crippen LogP contribution in [0.4, 0.5) is 26.3 Å². The first-order valence-electron chi connectivity index (χ1n) is 4.16. The maximum absolute atomic E-state index is 12.4. The Hall–Kier alpha value is -0.920. The van der Waals surface area contributed by atoms with Crippen molar-refractivity contribution >= 4 is 15.9 Å². The van der Waals surface area contributed by atoms with Crippen LogP contribution in [0.3, 0.4) is 0 Å². The van der Waals surface area contributed by atoms with Crippen LogP contribution in [0, 0.1) is 0 Å². The number of ether oxygens (including phenoxy) is 1. The highest BCUT2D eigenvalue weighted by atomic mass is 79.9. The Morgan fingerprint density at radius 2 is 1.65 bits per heavy atom. The van der Waals surface area contributed by atoms with Gasteiger partial charge in [0.05, 0.1) is 5.56 Å². The molecule has 8 heteroatoms. The lowest BCUT2D eigenvalue weighted by Gasteiger charge is -2.13. The van der Waals surface area contributed by atoms with Crippen molar-refractivity contribution in [2.45, 2.75) is 12.4 Å². The molecule has 0 aliphatic carbocycles. The molecule has 0 atom stereocenters. The number of halogens is 7. The van der Waals surface area contributed by atoms with Gasteiger partial charge >= 0.3 is 12.4 Å². The third kappa shape index (κ3) is 4.45. The van der Waals surface area contributed by atoms with Crippen LogP contribution in [0.2, 0.25) is 0 Å². The minimum Gasteiger partial charge on any atom is -0.484 e. The smallest absolute Gasteiger partial charge is 0.422 e. The highest BCUT2D eigenvalue weighted by Crippen LogP contribution is 2.37. The van der Waals surface area contributed by atoms with Crippen LogP contribution in [0.5, 0.6) is 5.75 Å². The quantitative estimate of drug-likeness (QED) is 0.733. The number of hydrogen-bond donors (Lipinski definition) is 0. The van der Waals surface area contributed by atoms with Crippen molar-refractivity contribution in [1.82, 2.24) is 0 Å². The Morgan fingerprint density at radius 3 is 2.12 bits per heavy atom. The molecule has 0 saturated carbocycles. The molecule has 0 aliphatic rings. The summed E-state index contributed by atoms with van der Waals surface area (Å²) in [6.45, 7) is -1.63. The van der Waals surface area contributed by atoms with Crippen LogP contribution in [-0.2, 0) is 6.18 Å². The molecule has 0 amide bonds. The molecule has 0 fully saturated rings. The molecular formula is C9H5BrF6O. The van der Waals surface area contributed by atoms with Crippen LogP contribution in [0.1, 0.15) is 5.56 Å². The average Bonchev–Trinajstić information content (AvgIpc) is 2.13. The Morgan fingerprint density at radius 1 is 1.06 bits per heavy atom. The largest absolute Gasteiger partial charge is 0.484 e. The Bertz CT molecular complexity index is 397. The molecule has 0 N–H and O–H groups in total. The topological polar surface area (TPSA) is 9.23 Å². The molecule has 0 aromatic heterocycles. The second kappa shape index (κ2) is 4.75. The lowest BCUT2D eigenvalue weighted by atomic mass is 10.2. The van der Waals surface area contributed by atoms with Crippen LogP contribution in [0.25, 0.3) is 0 Å². The lowest BCUT2D eigenvalue weighted by Crippen LogP contribution is -2.19. The molecular weight excluding hydrogens is 318 g/mol. The first kappa shape index (κ1) is 14.1. The van der Waals surface area contributed by atoms with E-state index in [4.69, 9.17) is 0 Å². The summed E-state index contributed by atoms with van der Waals surface area (Å²) < 4.78 is 76.5. The van der Waals surface area contributed by atoms with Crippen LogP contribution in [-0.4, -0.2) is 12.8 Å². The van der Waals surface area contributed by atoms with Crippen molar-refractivity contribution in [3.8, 4) is 5.75 Å². The fourth-order valence-corrected chi connectivity index (χ4v) is 1.45. The van der Waals surface area contributed by atoms with Crippen LogP contribution >= 0.6 is 15.9 Å². The number of alkyl halides is 6. The van der Waals surface area contributed by atoms with Gasteiger partial charge in [0, 0.05) is 4.47 Å². The molecule has 1 aromatic carbocycles. The van der Waals surface area contributed by atoms with Gasteiger partial charge in [0.25, 0.3) is 0 Å². The molecule has 1 rings (SSSR count). The van der Waals surface area contributed by atoms with E-state index in [-0.39, 0.29) is 4.47 Å². The van der Waals surface area contributed by atoms with Gasteiger partial charge in [-0.3, -0.25) is 0 Å². The van der Waals surface area contributed by atoms with Gasteiger partial charge in [0.15, 0.2) is 6.61 Å². The SMILES string of the molecule is FC(F)(F)COc1ccc(Br)c(C(F)(F)F)c1. The standard InChI is InChI=1S/C9H5BrF6O/c10-7-2-1-5(17-4-8(11,12)13)3-6(7)9(14,15)16/h1-3H,4H2. The Labute approximate surface area is 101 Å². The van der Waals surface area contributed by atoms with E-state index in [2.05, 4.69) is 20.7 Å². The summed E-state index contributed by atoms with van der Waals surface area (Å²) in [7, 11) is 0. The summed E-state index contributed by atoms with van der Waals surface area (Å²) >= 11 is 2.66. The van der Waals surface area contributed by atoms with Crippen molar-refractivity contribution in [2.75, 3.05) is 6.61 Å². The number of hydrogen-bond acceptors (Lipinski definition) is 1. The van der Waals surface area contributed by atoms with E-state index in [0.29, 0.717) is 6.07 Å². The first-order chi connectivity index (χ1) is 7.59. The number of rotatable bonds is 2. The minimum atomic E-state index is -4.66. The normalized spacial score (nSPS) is 12.6. The van der Waals surface area contributed by atoms with Gasteiger partial charge in [0.1, 0.15) is 5.75 Å². The van der Waals surface area contributed by atoms with Gasteiger partial charge in [-0.15, -0.1) is 0 Å². The van der Waals surface area contributed by atoms with Gasteiger partial charge in [-0.2, -0.15) is 26.3 Å². The van der Waals surface area contributed by atoms with Gasteiger partial charge in [0.2, 0.25) is 0 Å². The van der Waals surface area contributed by atoms with Crippen molar-refractivity contribution < 1.29 is 31.1 Å². The van der Waals surface area contributed by atoms with E-state index in [1.807, 2.05) is 0 Å². The van der Waals surface area contributed by atoms with Crippen LogP contribution in [0.15, 0.2) is 22.7 Å². The zero-order valence-corrected chi connectivity index (χ0v) is 9.58. The van der Waals surface area contributed by atoms with E-state index in [1.165, 1.54) is 0 Å². The van der Waals surface area contributed by atoms with Gasteiger partial charge < -0.3 is 4.74 Å². The van der Waals surface area contributed by atoms with Crippen LogP contribution < -0.4 is 4.74 Å². The number of benzene rings is 1. The Kier molecular flexibility index (Phi) is 3.95. The van der Waals surface area contributed by atoms with Crippen molar-refractivity contribution in [3.05, 3.63) is 28.2 Å². The van der Waals surface area contributed by atoms with Crippen molar-refractivity contribution in [2.24, 2.45) is 0 Å². The zero-order valence-electron chi connectivity index (χ0n) is 7.99. The Balaban J connectivity index is 2.90. The summed E-state index contributed by atoms with van der Waals surface area (Å²) in [6, 6.07) is 2.51. The summed E-state index contributed by atoms with van der Waals surface area (Å²) in [4.78, 5) is 0. The van der Waals surface area contributed by atoms with Gasteiger partial charge in [-0.05, 0) is 18.2 Å². The third-order valence-electron chi connectivity index (χ3n) is 1.65. The molecule has 96 valence electrons. The van der Waals surface area contributed by atoms with Crippen molar-refractivity contribution in [3.63, 3.8) is 0 Å². The fourth-order valence-electron chi connectivity index (χ4n) is 0.977. The molecule has 0 spiro atoms. The lowest BCUT2D eigenvalue weighted by molar-refractivity contribution is -0.153. The molecule has 0 saturated heterocycles. The predicted octanol–water partition coefficient (Wildman–Crippen LogP) is 4.41. The third-order valence-corrected chi connectivity index (χ3v) is 2.34. The van der Waals surface area contributed by atoms with E-state index >= 15 is 0 Å². The van der Waals surface area contributed by atoms with E-state index < -0.39 is 30.3 Å². The van der Waals surface area contributed by atoms with E-state index in [0.717, 1.165) is 12.1 Å². The highest BCUT2D eigenvalue weighted by Gasteiger charge is 2.34. The molecule has 0 unspecified atom stereocenters. The molecule has 17 heavy (non-hydrogen) atoms. The monoisotopic (exact) mass is 322 g/mol. The van der Waals surface area contributed by atoms with Crippen molar-refractivity contribution in [1.29, 1.82) is 0 Å². The average molecular weight is 323 g/mol. The maximum atomic E-state index is 12.4. The van der Waals surface area contributed by atoms with Gasteiger partial charge in [-0.1, -0.05) is 15.9 Å². The van der Waals surface area contributed by atoms with E-state index in [9.17, 15) is 26.3 Å². The van der Waals surface area contributed by atoms with Gasteiger partial charge in [-0.25, -0.2) is 0 Å². The molecule has 0 aliphatic heterocycles. The fraction of sp³-hybridized carbons (Fsp3) is 0.333. The molecule has 0 radical (unpaired) electrons. The molecule has 1 aromatic rings. The summed E-state index contributed by atoms with van der Waals surface area (Å²) in [5, 5.41) is 0. The zero-order chi connectivity index (χ0) is 13.3. The second-order valence-corrected chi connectivity index (χ2v) is 3.90. The molecule has 0 heterocycles. The summed E-state index contributed by atoms with van der Waals surface area (Å²) in [5.41, 5.74) is -1.09. The highest BCUT2D eigenvalue weighted by molar-refractivity contribution is 9.10.